The van der Waals surface area contributed by atoms with Crippen LogP contribution in [-0.4, -0.2) is 40.5 Å². The van der Waals surface area contributed by atoms with Crippen LogP contribution in [0.2, 0.25) is 0 Å². The molecule has 27 heavy (non-hydrogen) atoms. The van der Waals surface area contributed by atoms with Gasteiger partial charge in [-0.15, -0.1) is 11.3 Å². The average Bonchev–Trinajstić information content (AvgIpc) is 3.42. The van der Waals surface area contributed by atoms with E-state index < -0.39 is 0 Å². The Labute approximate surface area is 165 Å². The molecule has 0 bridgehead atoms. The molecule has 0 spiro atoms. The summed E-state index contributed by atoms with van der Waals surface area (Å²) < 4.78 is 8.49. The van der Waals surface area contributed by atoms with Crippen molar-refractivity contribution in [3.05, 3.63) is 29.3 Å². The molecule has 4 nitrogen and oxygen atoms in total. The number of piperidine rings is 1. The Hall–Kier alpha value is -1.59. The molecule has 0 radical (unpaired) electrons. The topological polar surface area (TPSA) is 29.8 Å². The van der Waals surface area contributed by atoms with Crippen LogP contribution in [0.5, 0.6) is 5.88 Å². The van der Waals surface area contributed by atoms with Crippen molar-refractivity contribution >= 4 is 27.2 Å². The number of likely N-dealkylation sites (tertiary alicyclic amines) is 1. The molecule has 0 aromatic carbocycles. The molecule has 144 valence electrons. The molecule has 2 fully saturated rings. The van der Waals surface area contributed by atoms with Crippen molar-refractivity contribution < 1.29 is 4.74 Å². The summed E-state index contributed by atoms with van der Waals surface area (Å²) in [6.07, 6.45) is 10.4. The van der Waals surface area contributed by atoms with Gasteiger partial charge in [-0.1, -0.05) is 12.8 Å². The lowest BCUT2D eigenvalue weighted by molar-refractivity contribution is 0.127. The number of aromatic nitrogens is 2. The molecule has 0 atom stereocenters. The van der Waals surface area contributed by atoms with E-state index in [4.69, 9.17) is 9.72 Å². The molecule has 1 saturated heterocycles. The lowest BCUT2D eigenvalue weighted by Gasteiger charge is -2.33. The number of ether oxygens (including phenoxy) is 1. The summed E-state index contributed by atoms with van der Waals surface area (Å²) >= 11 is 1.70. The molecule has 0 amide bonds. The summed E-state index contributed by atoms with van der Waals surface area (Å²) in [4.78, 5) is 8.59. The molecule has 0 N–H and O–H groups in total. The van der Waals surface area contributed by atoms with Crippen LogP contribution < -0.4 is 4.74 Å². The van der Waals surface area contributed by atoms with Gasteiger partial charge in [-0.2, -0.15) is 4.98 Å². The summed E-state index contributed by atoms with van der Waals surface area (Å²) in [6, 6.07) is 4.20. The Morgan fingerprint density at radius 3 is 2.78 bits per heavy atom. The van der Waals surface area contributed by atoms with E-state index in [9.17, 15) is 0 Å². The highest BCUT2D eigenvalue weighted by Gasteiger charge is 2.24. The smallest absolute Gasteiger partial charge is 0.239 e. The number of thiophene rings is 1. The molecule has 5 heteroatoms. The molecule has 4 heterocycles. The molecule has 3 aromatic heterocycles. The molecule has 1 aliphatic carbocycles. The normalized spacial score (nSPS) is 20.2. The number of aryl methyl sites for hydroxylation is 1. The number of hydrogen-bond acceptors (Lipinski definition) is 4. The molecule has 1 aliphatic heterocycles. The van der Waals surface area contributed by atoms with Crippen molar-refractivity contribution in [1.29, 1.82) is 0 Å². The van der Waals surface area contributed by atoms with Crippen molar-refractivity contribution in [2.45, 2.75) is 45.4 Å². The highest BCUT2D eigenvalue weighted by molar-refractivity contribution is 7.16. The van der Waals surface area contributed by atoms with Gasteiger partial charge >= 0.3 is 0 Å². The van der Waals surface area contributed by atoms with Gasteiger partial charge in [0.2, 0.25) is 5.88 Å². The van der Waals surface area contributed by atoms with Crippen LogP contribution in [0.4, 0.5) is 0 Å². The van der Waals surface area contributed by atoms with Gasteiger partial charge in [0.25, 0.3) is 0 Å². The maximum absolute atomic E-state index is 6.26. The Morgan fingerprint density at radius 1 is 1.15 bits per heavy atom. The minimum Gasteiger partial charge on any atom is -0.476 e. The minimum atomic E-state index is 0.655. The predicted octanol–water partition coefficient (Wildman–Crippen LogP) is 5.14. The molecule has 0 unspecified atom stereocenters. The quantitative estimate of drug-likeness (QED) is 0.611. The van der Waals surface area contributed by atoms with E-state index in [0.717, 1.165) is 28.8 Å². The molecule has 2 aliphatic rings. The van der Waals surface area contributed by atoms with Crippen LogP contribution in [-0.2, 0) is 0 Å². The maximum atomic E-state index is 6.26. The van der Waals surface area contributed by atoms with E-state index >= 15 is 0 Å². The number of fused-ring (bicyclic) bond motifs is 3. The first-order valence-corrected chi connectivity index (χ1v) is 11.4. The monoisotopic (exact) mass is 383 g/mol. The van der Waals surface area contributed by atoms with Crippen LogP contribution in [0.3, 0.4) is 0 Å². The largest absolute Gasteiger partial charge is 0.476 e. The third-order valence-electron chi connectivity index (χ3n) is 6.49. The van der Waals surface area contributed by atoms with Crippen LogP contribution in [0, 0.1) is 18.8 Å². The van der Waals surface area contributed by atoms with Crippen LogP contribution in [0.15, 0.2) is 23.7 Å². The van der Waals surface area contributed by atoms with Crippen molar-refractivity contribution in [2.75, 3.05) is 26.2 Å². The fourth-order valence-corrected chi connectivity index (χ4v) is 5.80. The Bertz CT molecular complexity index is 916. The van der Waals surface area contributed by atoms with Crippen molar-refractivity contribution in [3.63, 3.8) is 0 Å². The first-order valence-electron chi connectivity index (χ1n) is 10.5. The van der Waals surface area contributed by atoms with Gasteiger partial charge < -0.3 is 14.0 Å². The van der Waals surface area contributed by atoms with Gasteiger partial charge in [-0.3, -0.25) is 0 Å². The van der Waals surface area contributed by atoms with Gasteiger partial charge in [-0.25, -0.2) is 0 Å². The summed E-state index contributed by atoms with van der Waals surface area (Å²) in [5.74, 6) is 2.41. The second-order valence-electron chi connectivity index (χ2n) is 8.46. The lowest BCUT2D eigenvalue weighted by atomic mass is 9.96. The Kier molecular flexibility index (Phi) is 4.82. The van der Waals surface area contributed by atoms with Crippen molar-refractivity contribution in [1.82, 2.24) is 14.3 Å². The SMILES string of the molecule is Cc1csc2nc(OCC3CCN(CC4CCCC4)CC3)c3cccn3c12. The number of nitrogens with zero attached hydrogens (tertiary/aromatic N) is 3. The average molecular weight is 384 g/mol. The molecule has 1 saturated carbocycles. The lowest BCUT2D eigenvalue weighted by Crippen LogP contribution is -2.38. The zero-order chi connectivity index (χ0) is 18.2. The summed E-state index contributed by atoms with van der Waals surface area (Å²) in [5, 5.41) is 2.18. The van der Waals surface area contributed by atoms with E-state index in [-0.39, 0.29) is 0 Å². The predicted molar refractivity (Wildman–Crippen MR) is 112 cm³/mol. The molecular weight excluding hydrogens is 354 g/mol. The number of rotatable bonds is 5. The maximum Gasteiger partial charge on any atom is 0.239 e. The van der Waals surface area contributed by atoms with Gasteiger partial charge in [0, 0.05) is 12.7 Å². The summed E-state index contributed by atoms with van der Waals surface area (Å²) in [5.41, 5.74) is 3.58. The Balaban J connectivity index is 1.22. The van der Waals surface area contributed by atoms with Gasteiger partial charge in [0.15, 0.2) is 0 Å². The van der Waals surface area contributed by atoms with E-state index in [1.54, 1.807) is 11.3 Å². The van der Waals surface area contributed by atoms with Crippen LogP contribution in [0.1, 0.15) is 44.1 Å². The standard InChI is InChI=1S/C22H29N3OS/c1-16-15-27-22-20(16)25-10-4-7-19(25)21(23-22)26-14-18-8-11-24(12-9-18)13-17-5-2-3-6-17/h4,7,10,15,17-18H,2-3,5-6,8-9,11-14H2,1H3. The zero-order valence-corrected chi connectivity index (χ0v) is 17.0. The third-order valence-corrected chi connectivity index (χ3v) is 7.47. The van der Waals surface area contributed by atoms with Gasteiger partial charge in [-0.05, 0) is 80.6 Å². The minimum absolute atomic E-state index is 0.655. The zero-order valence-electron chi connectivity index (χ0n) is 16.2. The highest BCUT2D eigenvalue weighted by Crippen LogP contribution is 2.31. The second-order valence-corrected chi connectivity index (χ2v) is 9.32. The molecular formula is C22H29N3OS. The van der Waals surface area contributed by atoms with E-state index in [0.29, 0.717) is 5.92 Å². The first kappa shape index (κ1) is 17.5. The van der Waals surface area contributed by atoms with Gasteiger partial charge in [0.05, 0.1) is 12.1 Å². The Morgan fingerprint density at radius 2 is 1.96 bits per heavy atom. The second kappa shape index (κ2) is 7.44. The summed E-state index contributed by atoms with van der Waals surface area (Å²) in [7, 11) is 0. The first-order chi connectivity index (χ1) is 13.3. The molecule has 5 rings (SSSR count). The van der Waals surface area contributed by atoms with Crippen molar-refractivity contribution in [3.8, 4) is 5.88 Å². The molecule has 3 aromatic rings. The van der Waals surface area contributed by atoms with E-state index in [1.165, 1.54) is 69.2 Å². The van der Waals surface area contributed by atoms with Crippen LogP contribution >= 0.6 is 11.3 Å². The van der Waals surface area contributed by atoms with E-state index in [2.05, 4.69) is 39.9 Å². The third kappa shape index (κ3) is 3.47. The summed E-state index contributed by atoms with van der Waals surface area (Å²) in [6.45, 7) is 6.75. The fourth-order valence-electron chi connectivity index (χ4n) is 4.89. The van der Waals surface area contributed by atoms with Gasteiger partial charge in [0.1, 0.15) is 10.3 Å². The van der Waals surface area contributed by atoms with Crippen LogP contribution in [0.25, 0.3) is 15.9 Å². The highest BCUT2D eigenvalue weighted by atomic mass is 32.1. The fraction of sp³-hybridized carbons (Fsp3) is 0.591. The van der Waals surface area contributed by atoms with E-state index in [1.807, 2.05) is 0 Å². The number of hydrogen-bond donors (Lipinski definition) is 0. The van der Waals surface area contributed by atoms with Crippen molar-refractivity contribution in [2.24, 2.45) is 11.8 Å².